The number of rotatable bonds is 1. The number of hydrogen-bond donors (Lipinski definition) is 0. The van der Waals surface area contributed by atoms with Crippen molar-refractivity contribution < 1.29 is 0 Å². The number of fused-ring (bicyclic) bond motifs is 4. The molecule has 0 fully saturated rings. The molecule has 19 heavy (non-hydrogen) atoms. The first-order chi connectivity index (χ1) is 9.28. The van der Waals surface area contributed by atoms with Crippen molar-refractivity contribution in [2.75, 3.05) is 19.8 Å². The van der Waals surface area contributed by atoms with Crippen molar-refractivity contribution in [1.29, 1.82) is 0 Å². The molecule has 4 rings (SSSR count). The molecule has 0 saturated heterocycles. The zero-order valence-corrected chi connectivity index (χ0v) is 12.4. The maximum Gasteiger partial charge on any atom is 0.189 e. The van der Waals surface area contributed by atoms with E-state index in [0.717, 1.165) is 30.7 Å². The minimum atomic E-state index is 0.886. The van der Waals surface area contributed by atoms with Crippen molar-refractivity contribution in [2.24, 2.45) is 0 Å². The largest absolute Gasteiger partial charge is 0.301 e. The predicted molar refractivity (Wildman–Crippen MR) is 78.0 cm³/mol. The van der Waals surface area contributed by atoms with Gasteiger partial charge in [0.1, 0.15) is 16.9 Å². The first kappa shape index (κ1) is 11.6. The summed E-state index contributed by atoms with van der Waals surface area (Å²) in [6, 6.07) is 0. The standard InChI is InChI=1S/C12H13N5S2/c1-16-4-3-7-8(5-16)19-10-9(14-7)11-15-13-6-17(11)12(10)18-2/h6H,3-5H2,1-2H3. The Hall–Kier alpha value is -1.18. The first-order valence-corrected chi connectivity index (χ1v) is 8.18. The van der Waals surface area contributed by atoms with Crippen LogP contribution in [-0.4, -0.2) is 44.3 Å². The van der Waals surface area contributed by atoms with E-state index < -0.39 is 0 Å². The van der Waals surface area contributed by atoms with Gasteiger partial charge in [-0.15, -0.1) is 33.3 Å². The molecule has 0 radical (unpaired) electrons. The molecule has 0 amide bonds. The summed E-state index contributed by atoms with van der Waals surface area (Å²) >= 11 is 3.59. The van der Waals surface area contributed by atoms with Gasteiger partial charge in [-0.2, -0.15) is 0 Å². The van der Waals surface area contributed by atoms with Crippen molar-refractivity contribution in [3.05, 3.63) is 16.9 Å². The number of hydrogen-bond acceptors (Lipinski definition) is 6. The van der Waals surface area contributed by atoms with E-state index in [2.05, 4.69) is 28.4 Å². The van der Waals surface area contributed by atoms with E-state index in [1.807, 2.05) is 15.7 Å². The van der Waals surface area contributed by atoms with E-state index >= 15 is 0 Å². The van der Waals surface area contributed by atoms with Gasteiger partial charge in [0.25, 0.3) is 0 Å². The second-order valence-electron chi connectivity index (χ2n) is 4.78. The summed E-state index contributed by atoms with van der Waals surface area (Å²) in [5, 5.41) is 9.41. The Morgan fingerprint density at radius 1 is 1.42 bits per heavy atom. The van der Waals surface area contributed by atoms with Gasteiger partial charge >= 0.3 is 0 Å². The van der Waals surface area contributed by atoms with Gasteiger partial charge in [-0.05, 0) is 13.3 Å². The molecule has 1 aliphatic rings. The average molecular weight is 291 g/mol. The molecule has 0 bridgehead atoms. The van der Waals surface area contributed by atoms with Gasteiger partial charge in [0.15, 0.2) is 5.65 Å². The minimum Gasteiger partial charge on any atom is -0.301 e. The Labute approximate surface area is 118 Å². The number of aromatic nitrogens is 4. The molecule has 7 heteroatoms. The molecule has 5 nitrogen and oxygen atoms in total. The van der Waals surface area contributed by atoms with Crippen molar-refractivity contribution in [1.82, 2.24) is 24.5 Å². The normalized spacial score (nSPS) is 16.3. The quantitative estimate of drug-likeness (QED) is 0.642. The maximum atomic E-state index is 4.87. The molecule has 0 unspecified atom stereocenters. The monoisotopic (exact) mass is 291 g/mol. The smallest absolute Gasteiger partial charge is 0.189 e. The Morgan fingerprint density at radius 2 is 2.32 bits per heavy atom. The molecular weight excluding hydrogens is 278 g/mol. The van der Waals surface area contributed by atoms with Crippen LogP contribution in [0.5, 0.6) is 0 Å². The summed E-state index contributed by atoms with van der Waals surface area (Å²) in [6.07, 6.45) is 4.89. The molecule has 4 heterocycles. The van der Waals surface area contributed by atoms with Crippen molar-refractivity contribution in [2.45, 2.75) is 18.0 Å². The van der Waals surface area contributed by atoms with E-state index in [9.17, 15) is 0 Å². The predicted octanol–water partition coefficient (Wildman–Crippen LogP) is 2.05. The topological polar surface area (TPSA) is 46.3 Å². The van der Waals surface area contributed by atoms with Gasteiger partial charge in [0.2, 0.25) is 0 Å². The SMILES string of the molecule is CSc1c2sc3c(nc2c2nncn12)CCN(C)C3. The molecule has 3 aromatic rings. The lowest BCUT2D eigenvalue weighted by Crippen LogP contribution is -2.26. The van der Waals surface area contributed by atoms with Crippen LogP contribution in [0.4, 0.5) is 0 Å². The third-order valence-electron chi connectivity index (χ3n) is 3.52. The number of likely N-dealkylation sites (N-methyl/N-ethyl adjacent to an activating group) is 1. The highest BCUT2D eigenvalue weighted by Gasteiger charge is 2.21. The third-order valence-corrected chi connectivity index (χ3v) is 5.64. The average Bonchev–Trinajstić information content (AvgIpc) is 2.96. The van der Waals surface area contributed by atoms with Gasteiger partial charge in [0.05, 0.1) is 10.4 Å². The lowest BCUT2D eigenvalue weighted by molar-refractivity contribution is 0.314. The Morgan fingerprint density at radius 3 is 3.16 bits per heavy atom. The molecular formula is C12H13N5S2. The van der Waals surface area contributed by atoms with Crippen LogP contribution in [0.15, 0.2) is 11.4 Å². The fourth-order valence-corrected chi connectivity index (χ4v) is 4.76. The molecule has 0 aromatic carbocycles. The number of nitrogens with zero attached hydrogens (tertiary/aromatic N) is 5. The second-order valence-corrected chi connectivity index (χ2v) is 6.68. The van der Waals surface area contributed by atoms with Crippen molar-refractivity contribution >= 4 is 39.0 Å². The third kappa shape index (κ3) is 1.62. The lowest BCUT2D eigenvalue weighted by atomic mass is 10.2. The zero-order chi connectivity index (χ0) is 13.0. The van der Waals surface area contributed by atoms with Crippen LogP contribution in [0.3, 0.4) is 0 Å². The van der Waals surface area contributed by atoms with E-state index in [1.54, 1.807) is 18.1 Å². The fourth-order valence-electron chi connectivity index (χ4n) is 2.56. The molecule has 98 valence electrons. The highest BCUT2D eigenvalue weighted by atomic mass is 32.2. The van der Waals surface area contributed by atoms with Crippen molar-refractivity contribution in [3.63, 3.8) is 0 Å². The molecule has 0 atom stereocenters. The Kier molecular flexibility index (Phi) is 2.54. The van der Waals surface area contributed by atoms with E-state index in [0.29, 0.717) is 0 Å². The molecule has 0 N–H and O–H groups in total. The van der Waals surface area contributed by atoms with Crippen LogP contribution in [-0.2, 0) is 13.0 Å². The van der Waals surface area contributed by atoms with Crippen LogP contribution in [0, 0.1) is 0 Å². The summed E-state index contributed by atoms with van der Waals surface area (Å²) in [5.74, 6) is 0. The molecule has 3 aromatic heterocycles. The van der Waals surface area contributed by atoms with E-state index in [1.165, 1.54) is 20.3 Å². The fraction of sp³-hybridized carbons (Fsp3) is 0.417. The Bertz CT molecular complexity index is 775. The molecule has 0 spiro atoms. The highest BCUT2D eigenvalue weighted by molar-refractivity contribution is 7.98. The summed E-state index contributed by atoms with van der Waals surface area (Å²) in [6.45, 7) is 2.08. The summed E-state index contributed by atoms with van der Waals surface area (Å²) in [4.78, 5) is 8.60. The zero-order valence-electron chi connectivity index (χ0n) is 10.8. The van der Waals surface area contributed by atoms with Crippen molar-refractivity contribution in [3.8, 4) is 0 Å². The van der Waals surface area contributed by atoms with Crippen LogP contribution < -0.4 is 0 Å². The second kappa shape index (κ2) is 4.16. The van der Waals surface area contributed by atoms with Gasteiger partial charge in [-0.3, -0.25) is 4.40 Å². The molecule has 0 saturated carbocycles. The van der Waals surface area contributed by atoms with Gasteiger partial charge in [-0.25, -0.2) is 4.98 Å². The lowest BCUT2D eigenvalue weighted by Gasteiger charge is -2.23. The minimum absolute atomic E-state index is 0.886. The van der Waals surface area contributed by atoms with E-state index in [-0.39, 0.29) is 0 Å². The molecule has 1 aliphatic heterocycles. The Balaban J connectivity index is 2.07. The first-order valence-electron chi connectivity index (χ1n) is 6.14. The highest BCUT2D eigenvalue weighted by Crippen LogP contribution is 2.36. The van der Waals surface area contributed by atoms with Crippen LogP contribution >= 0.6 is 23.1 Å². The van der Waals surface area contributed by atoms with Gasteiger partial charge in [0, 0.05) is 24.4 Å². The molecule has 0 aliphatic carbocycles. The summed E-state index contributed by atoms with van der Waals surface area (Å²) in [5.41, 5.74) is 3.13. The van der Waals surface area contributed by atoms with Crippen LogP contribution in [0.25, 0.3) is 15.9 Å². The van der Waals surface area contributed by atoms with Gasteiger partial charge in [-0.1, -0.05) is 0 Å². The van der Waals surface area contributed by atoms with Gasteiger partial charge < -0.3 is 4.90 Å². The summed E-state index contributed by atoms with van der Waals surface area (Å²) in [7, 11) is 2.16. The van der Waals surface area contributed by atoms with Crippen LogP contribution in [0.1, 0.15) is 10.6 Å². The van der Waals surface area contributed by atoms with E-state index in [4.69, 9.17) is 4.98 Å². The van der Waals surface area contributed by atoms with Crippen LogP contribution in [0.2, 0.25) is 0 Å². The summed E-state index contributed by atoms with van der Waals surface area (Å²) < 4.78 is 3.29. The number of thioether (sulfide) groups is 1. The maximum absolute atomic E-state index is 4.87.